The zero-order valence-corrected chi connectivity index (χ0v) is 8.04. The van der Waals surface area contributed by atoms with Crippen LogP contribution >= 0.6 is 0 Å². The van der Waals surface area contributed by atoms with Gasteiger partial charge in [0.15, 0.2) is 0 Å². The molecule has 3 heteroatoms. The second-order valence-corrected chi connectivity index (χ2v) is 3.22. The summed E-state index contributed by atoms with van der Waals surface area (Å²) in [4.78, 5) is 10.2. The van der Waals surface area contributed by atoms with E-state index in [1.807, 2.05) is 19.9 Å². The molecule has 0 aromatic heterocycles. The third-order valence-corrected chi connectivity index (χ3v) is 1.74. The summed E-state index contributed by atoms with van der Waals surface area (Å²) in [5.74, 6) is -2.68. The number of benzene rings is 1. The number of aryl methyl sites for hydroxylation is 2. The van der Waals surface area contributed by atoms with Crippen LogP contribution in [0.3, 0.4) is 0 Å². The molecule has 0 saturated heterocycles. The van der Waals surface area contributed by atoms with E-state index in [1.165, 1.54) is 0 Å². The van der Waals surface area contributed by atoms with Gasteiger partial charge in [0.25, 0.3) is 0 Å². The molecule has 0 aliphatic heterocycles. The first-order chi connectivity index (χ1) is 6.49. The van der Waals surface area contributed by atoms with E-state index in [9.17, 15) is 9.18 Å². The van der Waals surface area contributed by atoms with Crippen LogP contribution in [-0.2, 0) is 4.79 Å². The van der Waals surface area contributed by atoms with Crippen LogP contribution in [0, 0.1) is 13.8 Å². The fourth-order valence-electron chi connectivity index (χ4n) is 1.30. The van der Waals surface area contributed by atoms with Crippen molar-refractivity contribution in [2.24, 2.45) is 0 Å². The van der Waals surface area contributed by atoms with Gasteiger partial charge in [0.2, 0.25) is 5.83 Å². The van der Waals surface area contributed by atoms with Crippen LogP contribution in [0.1, 0.15) is 16.7 Å². The first-order valence-corrected chi connectivity index (χ1v) is 4.18. The number of hydrogen-bond donors (Lipinski definition) is 1. The minimum atomic E-state index is -1.54. The van der Waals surface area contributed by atoms with Gasteiger partial charge < -0.3 is 5.11 Å². The van der Waals surface area contributed by atoms with Gasteiger partial charge in [-0.1, -0.05) is 29.3 Å². The number of aliphatic carboxylic acids is 1. The van der Waals surface area contributed by atoms with E-state index in [1.54, 1.807) is 12.1 Å². The molecule has 0 aliphatic carbocycles. The lowest BCUT2D eigenvalue weighted by Crippen LogP contribution is -1.94. The maximum absolute atomic E-state index is 12.7. The molecule has 0 amide bonds. The number of rotatable bonds is 2. The third kappa shape index (κ3) is 2.69. The molecule has 1 aromatic carbocycles. The third-order valence-electron chi connectivity index (χ3n) is 1.74. The van der Waals surface area contributed by atoms with E-state index in [4.69, 9.17) is 5.11 Å². The number of carbonyl (C=O) groups is 1. The second kappa shape index (κ2) is 4.05. The van der Waals surface area contributed by atoms with Gasteiger partial charge in [0.1, 0.15) is 0 Å². The highest BCUT2D eigenvalue weighted by Crippen LogP contribution is 2.13. The summed E-state index contributed by atoms with van der Waals surface area (Å²) >= 11 is 0. The highest BCUT2D eigenvalue weighted by molar-refractivity contribution is 5.89. The highest BCUT2D eigenvalue weighted by Gasteiger charge is 2.04. The predicted octanol–water partition coefficient (Wildman–Crippen LogP) is 2.70. The Kier molecular flexibility index (Phi) is 3.02. The summed E-state index contributed by atoms with van der Waals surface area (Å²) in [6, 6.07) is 5.40. The Morgan fingerprint density at radius 3 is 2.21 bits per heavy atom. The van der Waals surface area contributed by atoms with Gasteiger partial charge in [-0.3, -0.25) is 0 Å². The van der Waals surface area contributed by atoms with E-state index >= 15 is 0 Å². The van der Waals surface area contributed by atoms with Crippen molar-refractivity contribution in [2.75, 3.05) is 0 Å². The fraction of sp³-hybridized carbons (Fsp3) is 0.182. The Bertz CT molecular complexity index is 374. The molecule has 0 fully saturated rings. The van der Waals surface area contributed by atoms with Crippen LogP contribution in [0.15, 0.2) is 24.0 Å². The Morgan fingerprint density at radius 1 is 1.29 bits per heavy atom. The molecule has 0 saturated carbocycles. The number of carboxylic acids is 1. The SMILES string of the molecule is Cc1cc(C)cc(/C=C(/F)C(=O)O)c1. The van der Waals surface area contributed by atoms with Gasteiger partial charge in [-0.05, 0) is 25.5 Å². The lowest BCUT2D eigenvalue weighted by molar-refractivity contribution is -0.134. The monoisotopic (exact) mass is 194 g/mol. The quantitative estimate of drug-likeness (QED) is 0.735. The zero-order chi connectivity index (χ0) is 10.7. The Labute approximate surface area is 81.7 Å². The van der Waals surface area contributed by atoms with Gasteiger partial charge in [-0.15, -0.1) is 0 Å². The summed E-state index contributed by atoms with van der Waals surface area (Å²) in [5, 5.41) is 8.34. The normalized spacial score (nSPS) is 11.5. The summed E-state index contributed by atoms with van der Waals surface area (Å²) in [6.07, 6.45) is 1.02. The van der Waals surface area contributed by atoms with Crippen LogP contribution in [0.2, 0.25) is 0 Å². The first kappa shape index (κ1) is 10.4. The minimum Gasteiger partial charge on any atom is -0.476 e. The van der Waals surface area contributed by atoms with E-state index < -0.39 is 11.8 Å². The van der Waals surface area contributed by atoms with Gasteiger partial charge in [0.05, 0.1) is 0 Å². The molecule has 0 radical (unpaired) electrons. The summed E-state index contributed by atoms with van der Waals surface area (Å²) in [6.45, 7) is 3.76. The molecule has 0 bridgehead atoms. The van der Waals surface area contributed by atoms with Gasteiger partial charge in [-0.2, -0.15) is 4.39 Å². The Morgan fingerprint density at radius 2 is 1.79 bits per heavy atom. The van der Waals surface area contributed by atoms with Gasteiger partial charge in [-0.25, -0.2) is 4.79 Å². The average Bonchev–Trinajstić information content (AvgIpc) is 2.01. The Hall–Kier alpha value is -1.64. The smallest absolute Gasteiger partial charge is 0.364 e. The van der Waals surface area contributed by atoms with Crippen molar-refractivity contribution in [3.8, 4) is 0 Å². The van der Waals surface area contributed by atoms with E-state index in [0.717, 1.165) is 17.2 Å². The lowest BCUT2D eigenvalue weighted by atomic mass is 10.1. The van der Waals surface area contributed by atoms with E-state index in [2.05, 4.69) is 0 Å². The molecule has 0 atom stereocenters. The van der Waals surface area contributed by atoms with Crippen molar-refractivity contribution in [1.29, 1.82) is 0 Å². The van der Waals surface area contributed by atoms with Crippen molar-refractivity contribution in [3.63, 3.8) is 0 Å². The number of hydrogen-bond acceptors (Lipinski definition) is 1. The summed E-state index contributed by atoms with van der Waals surface area (Å²) in [7, 11) is 0. The molecular formula is C11H11FO2. The molecule has 1 aromatic rings. The Balaban J connectivity index is 3.08. The summed E-state index contributed by atoms with van der Waals surface area (Å²) in [5.41, 5.74) is 2.53. The minimum absolute atomic E-state index is 0.572. The molecule has 1 N–H and O–H groups in total. The zero-order valence-electron chi connectivity index (χ0n) is 8.04. The molecule has 14 heavy (non-hydrogen) atoms. The van der Waals surface area contributed by atoms with Crippen molar-refractivity contribution in [3.05, 3.63) is 40.7 Å². The van der Waals surface area contributed by atoms with Crippen LogP contribution in [0.5, 0.6) is 0 Å². The maximum atomic E-state index is 12.7. The maximum Gasteiger partial charge on any atom is 0.364 e. The highest BCUT2D eigenvalue weighted by atomic mass is 19.1. The van der Waals surface area contributed by atoms with Crippen LogP contribution in [-0.4, -0.2) is 11.1 Å². The van der Waals surface area contributed by atoms with Crippen molar-refractivity contribution < 1.29 is 14.3 Å². The first-order valence-electron chi connectivity index (χ1n) is 4.18. The lowest BCUT2D eigenvalue weighted by Gasteiger charge is -1.99. The largest absolute Gasteiger partial charge is 0.476 e. The number of carboxylic acid groups (broad SMARTS) is 1. The molecule has 0 unspecified atom stereocenters. The topological polar surface area (TPSA) is 37.3 Å². The predicted molar refractivity (Wildman–Crippen MR) is 52.6 cm³/mol. The van der Waals surface area contributed by atoms with Crippen molar-refractivity contribution >= 4 is 12.0 Å². The summed E-state index contributed by atoms with van der Waals surface area (Å²) < 4.78 is 12.7. The molecule has 1 rings (SSSR count). The van der Waals surface area contributed by atoms with Gasteiger partial charge >= 0.3 is 5.97 Å². The standard InChI is InChI=1S/C11H11FO2/c1-7-3-8(2)5-9(4-7)6-10(12)11(13)14/h3-6H,1-2H3,(H,13,14)/b10-6+. The average molecular weight is 194 g/mol. The second-order valence-electron chi connectivity index (χ2n) is 3.22. The van der Waals surface area contributed by atoms with Crippen LogP contribution in [0.4, 0.5) is 4.39 Å². The molecule has 0 heterocycles. The van der Waals surface area contributed by atoms with Crippen LogP contribution in [0.25, 0.3) is 6.08 Å². The van der Waals surface area contributed by atoms with Crippen molar-refractivity contribution in [2.45, 2.75) is 13.8 Å². The molecule has 0 spiro atoms. The fourth-order valence-corrected chi connectivity index (χ4v) is 1.30. The molecule has 74 valence electrons. The van der Waals surface area contributed by atoms with E-state index in [0.29, 0.717) is 5.56 Å². The van der Waals surface area contributed by atoms with E-state index in [-0.39, 0.29) is 0 Å². The van der Waals surface area contributed by atoms with Gasteiger partial charge in [0, 0.05) is 0 Å². The van der Waals surface area contributed by atoms with Crippen molar-refractivity contribution in [1.82, 2.24) is 0 Å². The molecule has 0 aliphatic rings. The van der Waals surface area contributed by atoms with Crippen LogP contribution < -0.4 is 0 Å². The number of halogens is 1. The molecule has 2 nitrogen and oxygen atoms in total. The molecular weight excluding hydrogens is 183 g/mol.